The fourth-order valence-electron chi connectivity index (χ4n) is 2.61. The van der Waals surface area contributed by atoms with Gasteiger partial charge in [-0.15, -0.1) is 0 Å². The molecule has 0 radical (unpaired) electrons. The van der Waals surface area contributed by atoms with Crippen molar-refractivity contribution in [2.24, 2.45) is 0 Å². The molecule has 0 unspecified atom stereocenters. The summed E-state index contributed by atoms with van der Waals surface area (Å²) < 4.78 is 10.7. The smallest absolute Gasteiger partial charge is 0.410 e. The molecule has 1 aromatic heterocycles. The SMILES string of the molecule is Cc1cc(N)nc(CN(C[C@@H](C(=O)O)N(C)C(=O)OC(C)(C)C)C(=O)OC(C)(C)C)c1. The van der Waals surface area contributed by atoms with Crippen LogP contribution in [0.3, 0.4) is 0 Å². The van der Waals surface area contributed by atoms with Gasteiger partial charge in [0.05, 0.1) is 18.8 Å². The highest BCUT2D eigenvalue weighted by molar-refractivity contribution is 5.81. The van der Waals surface area contributed by atoms with Crippen LogP contribution in [0.2, 0.25) is 0 Å². The zero-order valence-corrected chi connectivity index (χ0v) is 19.6. The normalized spacial score (nSPS) is 12.6. The molecule has 0 aliphatic rings. The van der Waals surface area contributed by atoms with E-state index in [0.29, 0.717) is 5.69 Å². The van der Waals surface area contributed by atoms with Crippen LogP contribution in [0.5, 0.6) is 0 Å². The number of rotatable bonds is 6. The van der Waals surface area contributed by atoms with E-state index in [1.165, 1.54) is 11.9 Å². The van der Waals surface area contributed by atoms with E-state index in [1.807, 2.05) is 6.92 Å². The van der Waals surface area contributed by atoms with Crippen molar-refractivity contribution in [3.8, 4) is 0 Å². The minimum absolute atomic E-state index is 0.0489. The quantitative estimate of drug-likeness (QED) is 0.692. The fourth-order valence-corrected chi connectivity index (χ4v) is 2.61. The van der Waals surface area contributed by atoms with E-state index in [4.69, 9.17) is 15.2 Å². The average molecular weight is 439 g/mol. The van der Waals surface area contributed by atoms with Crippen LogP contribution in [0.4, 0.5) is 15.4 Å². The molecule has 1 heterocycles. The molecule has 0 bridgehead atoms. The Balaban J connectivity index is 3.20. The Kier molecular flexibility index (Phi) is 8.26. The summed E-state index contributed by atoms with van der Waals surface area (Å²) >= 11 is 0. The number of hydrogen-bond donors (Lipinski definition) is 2. The lowest BCUT2D eigenvalue weighted by Gasteiger charge is -2.33. The number of anilines is 1. The maximum absolute atomic E-state index is 12.8. The van der Waals surface area contributed by atoms with Gasteiger partial charge in [-0.2, -0.15) is 0 Å². The number of likely N-dealkylation sites (N-methyl/N-ethyl adjacent to an activating group) is 1. The van der Waals surface area contributed by atoms with Gasteiger partial charge < -0.3 is 20.3 Å². The summed E-state index contributed by atoms with van der Waals surface area (Å²) in [7, 11) is 1.31. The molecule has 0 aliphatic heterocycles. The van der Waals surface area contributed by atoms with Crippen molar-refractivity contribution in [3.05, 3.63) is 23.4 Å². The van der Waals surface area contributed by atoms with Gasteiger partial charge in [0, 0.05) is 7.05 Å². The Morgan fingerprint density at radius 1 is 1.06 bits per heavy atom. The Morgan fingerprint density at radius 3 is 2.03 bits per heavy atom. The number of pyridine rings is 1. The second-order valence-electron chi connectivity index (χ2n) is 9.37. The van der Waals surface area contributed by atoms with E-state index in [9.17, 15) is 19.5 Å². The molecule has 2 amide bonds. The van der Waals surface area contributed by atoms with Crippen LogP contribution in [0, 0.1) is 6.92 Å². The number of amides is 2. The van der Waals surface area contributed by atoms with Crippen molar-refractivity contribution in [1.82, 2.24) is 14.8 Å². The largest absolute Gasteiger partial charge is 0.480 e. The minimum Gasteiger partial charge on any atom is -0.480 e. The number of aryl methyl sites for hydroxylation is 1. The molecule has 0 spiro atoms. The predicted octanol–water partition coefficient (Wildman–Crippen LogP) is 3.03. The minimum atomic E-state index is -1.37. The summed E-state index contributed by atoms with van der Waals surface area (Å²) in [5.41, 5.74) is 5.50. The van der Waals surface area contributed by atoms with Crippen LogP contribution in [0.1, 0.15) is 52.8 Å². The summed E-state index contributed by atoms with van der Waals surface area (Å²) in [6, 6.07) is 2.04. The number of nitrogens with two attached hydrogens (primary N) is 1. The van der Waals surface area contributed by atoms with E-state index in [1.54, 1.807) is 53.7 Å². The number of nitrogens with zero attached hydrogens (tertiary/aromatic N) is 3. The molecule has 31 heavy (non-hydrogen) atoms. The number of carbonyl (C=O) groups is 3. The highest BCUT2D eigenvalue weighted by atomic mass is 16.6. The number of carboxylic acids is 1. The molecule has 10 heteroatoms. The number of aliphatic carboxylic acids is 1. The third-order valence-corrected chi connectivity index (χ3v) is 3.87. The first-order valence-electron chi connectivity index (χ1n) is 9.88. The molecule has 0 fully saturated rings. The van der Waals surface area contributed by atoms with Crippen LogP contribution >= 0.6 is 0 Å². The van der Waals surface area contributed by atoms with Gasteiger partial charge in [-0.05, 0) is 66.2 Å². The van der Waals surface area contributed by atoms with Gasteiger partial charge in [0.1, 0.15) is 23.1 Å². The molecular formula is C21H34N4O6. The molecule has 0 saturated carbocycles. The number of carbonyl (C=O) groups excluding carboxylic acids is 2. The topological polar surface area (TPSA) is 135 Å². The Morgan fingerprint density at radius 2 is 1.58 bits per heavy atom. The zero-order chi connectivity index (χ0) is 24.1. The van der Waals surface area contributed by atoms with Crippen molar-refractivity contribution >= 4 is 24.0 Å². The van der Waals surface area contributed by atoms with Gasteiger partial charge in [-0.25, -0.2) is 19.4 Å². The molecule has 10 nitrogen and oxygen atoms in total. The fraction of sp³-hybridized carbons (Fsp3) is 0.619. The lowest BCUT2D eigenvalue weighted by atomic mass is 10.2. The van der Waals surface area contributed by atoms with E-state index >= 15 is 0 Å². The van der Waals surface area contributed by atoms with Gasteiger partial charge in [0.25, 0.3) is 0 Å². The maximum Gasteiger partial charge on any atom is 0.410 e. The average Bonchev–Trinajstić information content (AvgIpc) is 2.53. The van der Waals surface area contributed by atoms with Gasteiger partial charge in [-0.3, -0.25) is 9.80 Å². The van der Waals surface area contributed by atoms with Gasteiger partial charge in [-0.1, -0.05) is 0 Å². The molecule has 0 aliphatic carbocycles. The lowest BCUT2D eigenvalue weighted by molar-refractivity contribution is -0.143. The van der Waals surface area contributed by atoms with Crippen molar-refractivity contribution in [2.75, 3.05) is 19.3 Å². The summed E-state index contributed by atoms with van der Waals surface area (Å²) in [4.78, 5) is 43.5. The molecular weight excluding hydrogens is 404 g/mol. The highest BCUT2D eigenvalue weighted by Crippen LogP contribution is 2.17. The third kappa shape index (κ3) is 9.10. The number of ether oxygens (including phenoxy) is 2. The van der Waals surface area contributed by atoms with E-state index in [2.05, 4.69) is 4.98 Å². The standard InChI is InChI=1S/C21H34N4O6/c1-13-9-14(23-16(22)10-13)11-25(19(29)31-21(5,6)7)12-15(17(26)27)24(8)18(28)30-20(2,3)4/h9-10,15H,11-12H2,1-8H3,(H2,22,23)(H,26,27)/t15-/m0/s1. The third-order valence-electron chi connectivity index (χ3n) is 3.87. The van der Waals surface area contributed by atoms with Gasteiger partial charge in [0.15, 0.2) is 0 Å². The number of hydrogen-bond acceptors (Lipinski definition) is 7. The summed E-state index contributed by atoms with van der Waals surface area (Å²) in [6.07, 6.45) is -1.56. The Hall–Kier alpha value is -3.04. The van der Waals surface area contributed by atoms with E-state index < -0.39 is 35.4 Å². The van der Waals surface area contributed by atoms with E-state index in [-0.39, 0.29) is 18.9 Å². The molecule has 3 N–H and O–H groups in total. The van der Waals surface area contributed by atoms with Crippen LogP contribution in [0.25, 0.3) is 0 Å². The molecule has 0 saturated heterocycles. The first-order chi connectivity index (χ1) is 14.0. The molecule has 1 aromatic rings. The van der Waals surface area contributed by atoms with Crippen LogP contribution in [-0.4, -0.2) is 68.9 Å². The van der Waals surface area contributed by atoms with Crippen LogP contribution in [-0.2, 0) is 20.8 Å². The first-order valence-corrected chi connectivity index (χ1v) is 9.88. The molecule has 0 aromatic carbocycles. The van der Waals surface area contributed by atoms with Gasteiger partial charge >= 0.3 is 18.2 Å². The molecule has 1 atom stereocenters. The first kappa shape index (κ1) is 26.0. The van der Waals surface area contributed by atoms with Gasteiger partial charge in [0.2, 0.25) is 0 Å². The number of carboxylic acid groups (broad SMARTS) is 1. The monoisotopic (exact) mass is 438 g/mol. The van der Waals surface area contributed by atoms with Crippen LogP contribution < -0.4 is 5.73 Å². The molecule has 1 rings (SSSR count). The van der Waals surface area contributed by atoms with Crippen molar-refractivity contribution in [2.45, 2.75) is 72.3 Å². The highest BCUT2D eigenvalue weighted by Gasteiger charge is 2.34. The second-order valence-corrected chi connectivity index (χ2v) is 9.37. The van der Waals surface area contributed by atoms with Crippen molar-refractivity contribution in [3.63, 3.8) is 0 Å². The molecule has 174 valence electrons. The van der Waals surface area contributed by atoms with Crippen molar-refractivity contribution < 1.29 is 29.0 Å². The van der Waals surface area contributed by atoms with Crippen molar-refractivity contribution in [1.29, 1.82) is 0 Å². The summed E-state index contributed by atoms with van der Waals surface area (Å²) in [6.45, 7) is 11.6. The van der Waals surface area contributed by atoms with E-state index in [0.717, 1.165) is 10.5 Å². The summed E-state index contributed by atoms with van der Waals surface area (Å²) in [5, 5.41) is 9.74. The van der Waals surface area contributed by atoms with Crippen LogP contribution in [0.15, 0.2) is 12.1 Å². The number of nitrogen functional groups attached to an aromatic ring is 1. The Bertz CT molecular complexity index is 793. The zero-order valence-electron chi connectivity index (χ0n) is 19.6. The maximum atomic E-state index is 12.8. The number of aromatic nitrogens is 1. The summed E-state index contributed by atoms with van der Waals surface area (Å²) in [5.74, 6) is -1.02. The second kappa shape index (κ2) is 9.84. The predicted molar refractivity (Wildman–Crippen MR) is 115 cm³/mol. The Labute approximate surface area is 183 Å². The lowest BCUT2D eigenvalue weighted by Crippen LogP contribution is -2.52.